The van der Waals surface area contributed by atoms with E-state index < -0.39 is 5.41 Å². The monoisotopic (exact) mass is 574 g/mol. The lowest BCUT2D eigenvalue weighted by Crippen LogP contribution is -2.35. The van der Waals surface area contributed by atoms with Crippen molar-refractivity contribution < 1.29 is 4.74 Å². The van der Waals surface area contributed by atoms with E-state index in [2.05, 4.69) is 142 Å². The van der Waals surface area contributed by atoms with Gasteiger partial charge in [-0.15, -0.1) is 0 Å². The highest BCUT2D eigenvalue weighted by Crippen LogP contribution is 2.61. The summed E-state index contributed by atoms with van der Waals surface area (Å²) in [6.45, 7) is 22.9. The Labute approximate surface area is 262 Å². The second-order valence-corrected chi connectivity index (χ2v) is 13.2. The second kappa shape index (κ2) is 9.83. The largest absolute Gasteiger partial charge is 0.457 e. The maximum absolute atomic E-state index is 7.18. The lowest BCUT2D eigenvalue weighted by molar-refractivity contribution is 0.438. The fourth-order valence-electron chi connectivity index (χ4n) is 8.43. The van der Waals surface area contributed by atoms with Crippen LogP contribution in [0.2, 0.25) is 0 Å². The number of aryl methyl sites for hydroxylation is 6. The molecule has 0 radical (unpaired) electrons. The van der Waals surface area contributed by atoms with Crippen molar-refractivity contribution in [1.29, 1.82) is 0 Å². The van der Waals surface area contributed by atoms with Crippen LogP contribution in [0.4, 0.5) is 0 Å². The molecule has 44 heavy (non-hydrogen) atoms. The van der Waals surface area contributed by atoms with Crippen molar-refractivity contribution in [3.63, 3.8) is 0 Å². The first-order chi connectivity index (χ1) is 21.0. The van der Waals surface area contributed by atoms with Gasteiger partial charge in [-0.3, -0.25) is 0 Å². The molecule has 1 aliphatic rings. The number of rotatable bonds is 2. The lowest BCUT2D eigenvalue weighted by Gasteiger charge is -2.44. The molecule has 0 spiro atoms. The predicted molar refractivity (Wildman–Crippen MR) is 187 cm³/mol. The van der Waals surface area contributed by atoms with Crippen molar-refractivity contribution in [2.45, 2.75) is 74.7 Å². The molecule has 0 atom stereocenters. The normalized spacial score (nSPS) is 13.6. The molecule has 0 aliphatic carbocycles. The lowest BCUT2D eigenvalue weighted by atomic mass is 9.60. The van der Waals surface area contributed by atoms with Gasteiger partial charge in [0.15, 0.2) is 0 Å². The molecule has 220 valence electrons. The van der Waals surface area contributed by atoms with Crippen LogP contribution >= 0.6 is 0 Å². The number of ether oxygens (including phenoxy) is 1. The van der Waals surface area contributed by atoms with Crippen LogP contribution < -0.4 is 4.74 Å². The van der Waals surface area contributed by atoms with Crippen LogP contribution in [0.25, 0.3) is 21.5 Å². The minimum atomic E-state index is -0.610. The number of benzene rings is 6. The van der Waals surface area contributed by atoms with Crippen LogP contribution in [-0.4, -0.2) is 0 Å². The van der Waals surface area contributed by atoms with E-state index in [1.54, 1.807) is 0 Å². The molecular weight excluding hydrogens is 532 g/mol. The topological polar surface area (TPSA) is 9.23 Å². The Hall–Kier alpha value is -4.36. The van der Waals surface area contributed by atoms with E-state index >= 15 is 0 Å². The zero-order valence-electron chi connectivity index (χ0n) is 27.8. The van der Waals surface area contributed by atoms with E-state index in [9.17, 15) is 0 Å². The Morgan fingerprint density at radius 3 is 1.05 bits per heavy atom. The molecule has 0 N–H and O–H groups in total. The van der Waals surface area contributed by atoms with Gasteiger partial charge in [0.25, 0.3) is 0 Å². The molecule has 7 rings (SSSR count). The van der Waals surface area contributed by atoms with Crippen molar-refractivity contribution in [2.24, 2.45) is 0 Å². The first-order valence-electron chi connectivity index (χ1n) is 15.9. The van der Waals surface area contributed by atoms with E-state index in [0.29, 0.717) is 0 Å². The third kappa shape index (κ3) is 3.53. The van der Waals surface area contributed by atoms with Crippen LogP contribution in [0.5, 0.6) is 11.5 Å². The molecule has 1 heteroatoms. The number of hydrogen-bond donors (Lipinski definition) is 0. The van der Waals surface area contributed by atoms with Gasteiger partial charge >= 0.3 is 0 Å². The van der Waals surface area contributed by atoms with Crippen molar-refractivity contribution >= 4 is 21.5 Å². The molecule has 6 aromatic carbocycles. The van der Waals surface area contributed by atoms with Crippen LogP contribution in [0.3, 0.4) is 0 Å². The number of fused-ring (bicyclic) bond motifs is 6. The molecule has 0 aromatic heterocycles. The van der Waals surface area contributed by atoms with Crippen molar-refractivity contribution in [3.8, 4) is 11.5 Å². The predicted octanol–water partition coefficient (Wildman–Crippen LogP) is 11.6. The van der Waals surface area contributed by atoms with Crippen molar-refractivity contribution in [1.82, 2.24) is 0 Å². The first kappa shape index (κ1) is 28.4. The number of hydrogen-bond acceptors (Lipinski definition) is 1. The van der Waals surface area contributed by atoms with Crippen LogP contribution in [0, 0.1) is 69.2 Å². The average Bonchev–Trinajstić information content (AvgIpc) is 3.03. The third-order valence-corrected chi connectivity index (χ3v) is 11.2. The fourth-order valence-corrected chi connectivity index (χ4v) is 8.43. The summed E-state index contributed by atoms with van der Waals surface area (Å²) in [4.78, 5) is 0. The maximum Gasteiger partial charge on any atom is 0.133 e. The molecule has 0 saturated carbocycles. The summed E-state index contributed by atoms with van der Waals surface area (Å²) in [6, 6.07) is 27.0. The average molecular weight is 575 g/mol. The molecular formula is C43H42O. The zero-order valence-corrected chi connectivity index (χ0v) is 27.8. The highest BCUT2D eigenvalue weighted by molar-refractivity contribution is 6.05. The van der Waals surface area contributed by atoms with Gasteiger partial charge in [0.2, 0.25) is 0 Å². The molecule has 6 aromatic rings. The molecule has 0 saturated heterocycles. The molecule has 1 aliphatic heterocycles. The van der Waals surface area contributed by atoms with E-state index in [1.165, 1.54) is 99.4 Å². The first-order valence-corrected chi connectivity index (χ1v) is 15.9. The summed E-state index contributed by atoms with van der Waals surface area (Å²) in [5, 5.41) is 5.35. The molecule has 0 bridgehead atoms. The Balaban J connectivity index is 1.87. The highest BCUT2D eigenvalue weighted by atomic mass is 16.5. The zero-order chi connectivity index (χ0) is 31.2. The van der Waals surface area contributed by atoms with Gasteiger partial charge in [-0.2, -0.15) is 0 Å². The minimum Gasteiger partial charge on any atom is -0.457 e. The van der Waals surface area contributed by atoms with E-state index in [4.69, 9.17) is 4.74 Å². The van der Waals surface area contributed by atoms with Gasteiger partial charge in [0.05, 0.1) is 5.41 Å². The summed E-state index contributed by atoms with van der Waals surface area (Å²) in [5.74, 6) is 1.91. The van der Waals surface area contributed by atoms with Crippen molar-refractivity contribution in [3.05, 3.63) is 151 Å². The molecule has 0 fully saturated rings. The second-order valence-electron chi connectivity index (χ2n) is 13.2. The van der Waals surface area contributed by atoms with Crippen LogP contribution in [0.1, 0.15) is 77.9 Å². The van der Waals surface area contributed by atoms with E-state index in [0.717, 1.165) is 11.5 Å². The van der Waals surface area contributed by atoms with Gasteiger partial charge in [-0.1, -0.05) is 60.7 Å². The smallest absolute Gasteiger partial charge is 0.133 e. The third-order valence-electron chi connectivity index (χ3n) is 11.2. The fraction of sp³-hybridized carbons (Fsp3) is 0.256. The van der Waals surface area contributed by atoms with Gasteiger partial charge in [0.1, 0.15) is 11.5 Å². The quantitative estimate of drug-likeness (QED) is 0.200. The SMILES string of the molecule is Cc1c(C)c(C)c2c3c(cc(C)c2c1C)Oc1cc(C)c2c(C)c(C)c(C)c(C)c2c1C3(c1ccccc1)c1ccccc1. The van der Waals surface area contributed by atoms with E-state index in [-0.39, 0.29) is 0 Å². The van der Waals surface area contributed by atoms with Gasteiger partial charge < -0.3 is 4.74 Å². The van der Waals surface area contributed by atoms with E-state index in [1.807, 2.05) is 0 Å². The summed E-state index contributed by atoms with van der Waals surface area (Å²) >= 11 is 0. The van der Waals surface area contributed by atoms with Crippen LogP contribution in [-0.2, 0) is 5.41 Å². The Morgan fingerprint density at radius 2 is 0.705 bits per heavy atom. The van der Waals surface area contributed by atoms with Gasteiger partial charge in [0, 0.05) is 11.1 Å². The molecule has 1 heterocycles. The molecule has 0 amide bonds. The summed E-state index contributed by atoms with van der Waals surface area (Å²) in [7, 11) is 0. The van der Waals surface area contributed by atoms with Crippen LogP contribution in [0.15, 0.2) is 72.8 Å². The molecule has 0 unspecified atom stereocenters. The van der Waals surface area contributed by atoms with Gasteiger partial charge in [-0.05, 0) is 170 Å². The minimum absolute atomic E-state index is 0.610. The summed E-state index contributed by atoms with van der Waals surface area (Å²) in [6.07, 6.45) is 0. The van der Waals surface area contributed by atoms with Crippen molar-refractivity contribution in [2.75, 3.05) is 0 Å². The Morgan fingerprint density at radius 1 is 0.386 bits per heavy atom. The Bertz CT molecular complexity index is 2010. The maximum atomic E-state index is 7.18. The summed E-state index contributed by atoms with van der Waals surface area (Å²) in [5.41, 5.74) is 17.8. The summed E-state index contributed by atoms with van der Waals surface area (Å²) < 4.78 is 7.18. The highest BCUT2D eigenvalue weighted by Gasteiger charge is 2.48. The van der Waals surface area contributed by atoms with Gasteiger partial charge in [-0.25, -0.2) is 0 Å². The molecule has 1 nitrogen and oxygen atoms in total. The standard InChI is InChI=1S/C43H42O/c1-23-21-35-41(39-31(9)27(5)25(3)29(7)37(23)39)43(33-17-13-11-14-18-33,34-19-15-12-16-20-34)42-36(44-35)22-24(2)38-30(8)26(4)28(6)32(10)40(38)42/h11-22H,1-10H3. The Kier molecular flexibility index (Phi) is 6.35.